The van der Waals surface area contributed by atoms with Gasteiger partial charge in [0.15, 0.2) is 0 Å². The van der Waals surface area contributed by atoms with Crippen LogP contribution in [0.2, 0.25) is 0 Å². The van der Waals surface area contributed by atoms with Crippen molar-refractivity contribution in [3.8, 4) is 0 Å². The Labute approximate surface area is 130 Å². The molecule has 2 aromatic rings. The molecule has 1 aromatic heterocycles. The van der Waals surface area contributed by atoms with E-state index >= 15 is 0 Å². The predicted molar refractivity (Wildman–Crippen MR) is 86.6 cm³/mol. The highest BCUT2D eigenvalue weighted by Crippen LogP contribution is 2.26. The molecule has 1 aliphatic heterocycles. The van der Waals surface area contributed by atoms with Crippen molar-refractivity contribution in [1.29, 1.82) is 0 Å². The molecule has 3 nitrogen and oxygen atoms in total. The van der Waals surface area contributed by atoms with Crippen LogP contribution in [0.3, 0.4) is 0 Å². The Hall–Kier alpha value is -1.33. The second kappa shape index (κ2) is 5.97. The summed E-state index contributed by atoms with van der Waals surface area (Å²) in [5, 5.41) is 1.95. The lowest BCUT2D eigenvalue weighted by atomic mass is 10.2. The molecular weight excluding hydrogens is 336 g/mol. The van der Waals surface area contributed by atoms with Crippen LogP contribution in [0.1, 0.15) is 9.67 Å². The standard InChI is InChI=1S/C15H15BrN2OS/c16-12-4-1-2-5-13(12)17-7-9-18(10-8-17)15(19)14-6-3-11-20-14/h1-6,11H,7-10H2. The smallest absolute Gasteiger partial charge is 0.264 e. The van der Waals surface area contributed by atoms with Crippen molar-refractivity contribution in [3.05, 3.63) is 51.1 Å². The molecule has 1 saturated heterocycles. The van der Waals surface area contributed by atoms with Crippen molar-refractivity contribution in [2.75, 3.05) is 31.1 Å². The van der Waals surface area contributed by atoms with Crippen molar-refractivity contribution in [2.24, 2.45) is 0 Å². The summed E-state index contributed by atoms with van der Waals surface area (Å²) in [5.74, 6) is 0.159. The van der Waals surface area contributed by atoms with E-state index in [1.54, 1.807) is 0 Å². The zero-order chi connectivity index (χ0) is 13.9. The average molecular weight is 351 g/mol. The maximum absolute atomic E-state index is 12.3. The number of halogens is 1. The van der Waals surface area contributed by atoms with E-state index in [1.807, 2.05) is 34.5 Å². The number of benzene rings is 1. The number of hydrogen-bond acceptors (Lipinski definition) is 3. The number of thiophene rings is 1. The van der Waals surface area contributed by atoms with Gasteiger partial charge in [-0.1, -0.05) is 18.2 Å². The van der Waals surface area contributed by atoms with Gasteiger partial charge in [0.1, 0.15) is 0 Å². The molecule has 0 atom stereocenters. The van der Waals surface area contributed by atoms with Crippen LogP contribution in [0.15, 0.2) is 46.3 Å². The van der Waals surface area contributed by atoms with Crippen LogP contribution in [0.4, 0.5) is 5.69 Å². The van der Waals surface area contributed by atoms with E-state index in [9.17, 15) is 4.79 Å². The summed E-state index contributed by atoms with van der Waals surface area (Å²) in [7, 11) is 0. The number of carbonyl (C=O) groups is 1. The molecule has 0 spiro atoms. The monoisotopic (exact) mass is 350 g/mol. The molecule has 0 aliphatic carbocycles. The van der Waals surface area contributed by atoms with E-state index in [0.29, 0.717) is 0 Å². The molecule has 1 aliphatic rings. The maximum atomic E-state index is 12.3. The van der Waals surface area contributed by atoms with Crippen LogP contribution in [-0.2, 0) is 0 Å². The van der Waals surface area contributed by atoms with Gasteiger partial charge in [0.25, 0.3) is 5.91 Å². The largest absolute Gasteiger partial charge is 0.367 e. The lowest BCUT2D eigenvalue weighted by Gasteiger charge is -2.36. The van der Waals surface area contributed by atoms with Gasteiger partial charge in [-0.25, -0.2) is 0 Å². The van der Waals surface area contributed by atoms with Crippen molar-refractivity contribution < 1.29 is 4.79 Å². The molecule has 0 unspecified atom stereocenters. The average Bonchev–Trinajstić information content (AvgIpc) is 3.01. The van der Waals surface area contributed by atoms with Gasteiger partial charge in [-0.15, -0.1) is 11.3 Å². The molecule has 0 saturated carbocycles. The second-order valence-corrected chi connectivity index (χ2v) is 6.51. The Morgan fingerprint density at radius 2 is 1.80 bits per heavy atom. The molecule has 104 valence electrons. The third-order valence-electron chi connectivity index (χ3n) is 3.49. The molecule has 2 heterocycles. The highest BCUT2D eigenvalue weighted by Gasteiger charge is 2.23. The van der Waals surface area contributed by atoms with Crippen LogP contribution in [0, 0.1) is 0 Å². The topological polar surface area (TPSA) is 23.6 Å². The molecule has 1 aromatic carbocycles. The van der Waals surface area contributed by atoms with Gasteiger partial charge in [0, 0.05) is 30.7 Å². The first-order valence-corrected chi connectivity index (χ1v) is 8.25. The van der Waals surface area contributed by atoms with Crippen LogP contribution in [0.25, 0.3) is 0 Å². The van der Waals surface area contributed by atoms with Gasteiger partial charge in [0.05, 0.1) is 10.6 Å². The van der Waals surface area contributed by atoms with Crippen molar-refractivity contribution in [1.82, 2.24) is 4.90 Å². The summed E-state index contributed by atoms with van der Waals surface area (Å²) in [6.45, 7) is 3.30. The van der Waals surface area contributed by atoms with Crippen molar-refractivity contribution in [3.63, 3.8) is 0 Å². The van der Waals surface area contributed by atoms with Gasteiger partial charge in [-0.3, -0.25) is 4.79 Å². The Balaban J connectivity index is 1.65. The van der Waals surface area contributed by atoms with E-state index in [-0.39, 0.29) is 5.91 Å². The molecular formula is C15H15BrN2OS. The van der Waals surface area contributed by atoms with Crippen LogP contribution < -0.4 is 4.90 Å². The van der Waals surface area contributed by atoms with Crippen molar-refractivity contribution in [2.45, 2.75) is 0 Å². The zero-order valence-corrected chi connectivity index (χ0v) is 13.4. The summed E-state index contributed by atoms with van der Waals surface area (Å²) < 4.78 is 1.11. The fourth-order valence-corrected chi connectivity index (χ4v) is 3.64. The minimum Gasteiger partial charge on any atom is -0.367 e. The predicted octanol–water partition coefficient (Wildman–Crippen LogP) is 3.47. The zero-order valence-electron chi connectivity index (χ0n) is 11.0. The molecule has 3 rings (SSSR count). The second-order valence-electron chi connectivity index (χ2n) is 4.71. The first-order valence-electron chi connectivity index (χ1n) is 6.58. The summed E-state index contributed by atoms with van der Waals surface area (Å²) in [5.41, 5.74) is 1.20. The summed E-state index contributed by atoms with van der Waals surface area (Å²) >= 11 is 5.10. The molecule has 5 heteroatoms. The van der Waals surface area contributed by atoms with Crippen molar-refractivity contribution >= 4 is 38.9 Å². The third kappa shape index (κ3) is 2.74. The number of carbonyl (C=O) groups excluding carboxylic acids is 1. The lowest BCUT2D eigenvalue weighted by molar-refractivity contribution is 0.0751. The SMILES string of the molecule is O=C(c1cccs1)N1CCN(c2ccccc2Br)CC1. The number of rotatable bonds is 2. The van der Waals surface area contributed by atoms with E-state index in [1.165, 1.54) is 17.0 Å². The Morgan fingerprint density at radius 1 is 1.05 bits per heavy atom. The number of anilines is 1. The fraction of sp³-hybridized carbons (Fsp3) is 0.267. The number of nitrogens with zero attached hydrogens (tertiary/aromatic N) is 2. The molecule has 1 fully saturated rings. The maximum Gasteiger partial charge on any atom is 0.264 e. The third-order valence-corrected chi connectivity index (χ3v) is 5.02. The summed E-state index contributed by atoms with van der Waals surface area (Å²) in [4.78, 5) is 17.4. The van der Waals surface area contributed by atoms with Gasteiger partial charge in [-0.2, -0.15) is 0 Å². The number of piperazine rings is 1. The van der Waals surface area contributed by atoms with E-state index < -0.39 is 0 Å². The van der Waals surface area contributed by atoms with Gasteiger partial charge in [-0.05, 0) is 39.5 Å². The number of hydrogen-bond donors (Lipinski definition) is 0. The van der Waals surface area contributed by atoms with Crippen LogP contribution >= 0.6 is 27.3 Å². The Bertz CT molecular complexity index is 592. The number of para-hydroxylation sites is 1. The Morgan fingerprint density at radius 3 is 2.45 bits per heavy atom. The van der Waals surface area contributed by atoms with Crippen LogP contribution in [-0.4, -0.2) is 37.0 Å². The summed E-state index contributed by atoms with van der Waals surface area (Å²) in [6.07, 6.45) is 0. The minimum absolute atomic E-state index is 0.159. The first kappa shape index (κ1) is 13.6. The highest BCUT2D eigenvalue weighted by atomic mass is 79.9. The Kier molecular flexibility index (Phi) is 4.08. The highest BCUT2D eigenvalue weighted by molar-refractivity contribution is 9.10. The first-order chi connectivity index (χ1) is 9.75. The van der Waals surface area contributed by atoms with E-state index in [4.69, 9.17) is 0 Å². The fourth-order valence-electron chi connectivity index (χ4n) is 2.41. The number of amides is 1. The summed E-state index contributed by atoms with van der Waals surface area (Å²) in [6, 6.07) is 12.1. The molecule has 0 bridgehead atoms. The lowest BCUT2D eigenvalue weighted by Crippen LogP contribution is -2.48. The normalized spacial score (nSPS) is 15.4. The van der Waals surface area contributed by atoms with Gasteiger partial charge < -0.3 is 9.80 Å². The van der Waals surface area contributed by atoms with Gasteiger partial charge in [0.2, 0.25) is 0 Å². The van der Waals surface area contributed by atoms with E-state index in [2.05, 4.69) is 33.0 Å². The molecule has 20 heavy (non-hydrogen) atoms. The molecule has 0 N–H and O–H groups in total. The van der Waals surface area contributed by atoms with Gasteiger partial charge >= 0.3 is 0 Å². The molecule has 1 amide bonds. The minimum atomic E-state index is 0.159. The quantitative estimate of drug-likeness (QED) is 0.827. The van der Waals surface area contributed by atoms with E-state index in [0.717, 1.165) is 35.5 Å². The molecule has 0 radical (unpaired) electrons. The van der Waals surface area contributed by atoms with Crippen LogP contribution in [0.5, 0.6) is 0 Å².